The second kappa shape index (κ2) is 7.68. The zero-order valence-electron chi connectivity index (χ0n) is 12.4. The van der Waals surface area contributed by atoms with Gasteiger partial charge in [0.2, 0.25) is 0 Å². The van der Waals surface area contributed by atoms with Crippen LogP contribution in [0.3, 0.4) is 0 Å². The van der Waals surface area contributed by atoms with Crippen LogP contribution in [0.2, 0.25) is 0 Å². The van der Waals surface area contributed by atoms with Crippen molar-refractivity contribution in [1.29, 1.82) is 0 Å². The molecule has 0 fully saturated rings. The number of carbonyl (C=O) groups is 3. The lowest BCUT2D eigenvalue weighted by Crippen LogP contribution is -2.42. The third-order valence-electron chi connectivity index (χ3n) is 1.82. The number of Topliss-reactive ketones (excluding diaryl/α,β-unsaturated/α-hetero) is 1. The van der Waals surface area contributed by atoms with E-state index in [0.29, 0.717) is 5.06 Å². The highest BCUT2D eigenvalue weighted by Gasteiger charge is 2.20. The second-order valence-electron chi connectivity index (χ2n) is 5.36. The Morgan fingerprint density at radius 3 is 2.25 bits per heavy atom. The van der Waals surface area contributed by atoms with E-state index < -0.39 is 23.8 Å². The molecule has 1 unspecified atom stereocenters. The van der Waals surface area contributed by atoms with E-state index in [1.807, 2.05) is 0 Å². The Labute approximate surface area is 118 Å². The highest BCUT2D eigenvalue weighted by atomic mass is 16.7. The first-order chi connectivity index (χ1) is 9.01. The van der Waals surface area contributed by atoms with Crippen molar-refractivity contribution >= 4 is 18.0 Å². The molecule has 8 nitrogen and oxygen atoms in total. The Morgan fingerprint density at radius 2 is 1.85 bits per heavy atom. The van der Waals surface area contributed by atoms with E-state index in [9.17, 15) is 14.4 Å². The van der Waals surface area contributed by atoms with Gasteiger partial charge in [0.15, 0.2) is 5.78 Å². The number of nitrogens with zero attached hydrogens (tertiary/aromatic N) is 1. The topological polar surface area (TPSA) is 105 Å². The van der Waals surface area contributed by atoms with Crippen molar-refractivity contribution in [3.05, 3.63) is 0 Å². The highest BCUT2D eigenvalue weighted by Crippen LogP contribution is 2.06. The predicted molar refractivity (Wildman–Crippen MR) is 70.2 cm³/mol. The molecule has 0 saturated heterocycles. The first kappa shape index (κ1) is 18.2. The third kappa shape index (κ3) is 9.15. The van der Waals surface area contributed by atoms with E-state index >= 15 is 0 Å². The summed E-state index contributed by atoms with van der Waals surface area (Å²) in [6.07, 6.45) is -1.99. The van der Waals surface area contributed by atoms with Crippen LogP contribution in [-0.4, -0.2) is 52.9 Å². The third-order valence-corrected chi connectivity index (χ3v) is 1.82. The molecule has 0 saturated carbocycles. The fourth-order valence-corrected chi connectivity index (χ4v) is 1.12. The number of ketones is 1. The summed E-state index contributed by atoms with van der Waals surface area (Å²) in [5, 5.41) is 11.8. The summed E-state index contributed by atoms with van der Waals surface area (Å²) in [6.45, 7) is 7.60. The molecule has 20 heavy (non-hydrogen) atoms. The summed E-state index contributed by atoms with van der Waals surface area (Å²) in [7, 11) is 0. The first-order valence-corrected chi connectivity index (χ1v) is 6.13. The SMILES string of the molecule is CC(=O)CN(OCC(C)NC(=O)OC(C)(C)C)C(=O)O. The smallest absolute Gasteiger partial charge is 0.431 e. The molecule has 0 aromatic carbocycles. The summed E-state index contributed by atoms with van der Waals surface area (Å²) in [5.41, 5.74) is -0.619. The van der Waals surface area contributed by atoms with Gasteiger partial charge in [-0.05, 0) is 34.6 Å². The minimum atomic E-state index is -1.37. The van der Waals surface area contributed by atoms with Crippen molar-refractivity contribution in [2.24, 2.45) is 0 Å². The maximum atomic E-state index is 11.5. The Balaban J connectivity index is 4.19. The molecular formula is C12H22N2O6. The Hall–Kier alpha value is -1.83. The van der Waals surface area contributed by atoms with Crippen LogP contribution in [0.5, 0.6) is 0 Å². The molecule has 0 heterocycles. The molecule has 2 amide bonds. The largest absolute Gasteiger partial charge is 0.463 e. The monoisotopic (exact) mass is 290 g/mol. The van der Waals surface area contributed by atoms with Gasteiger partial charge >= 0.3 is 12.2 Å². The van der Waals surface area contributed by atoms with E-state index in [1.54, 1.807) is 27.7 Å². The Morgan fingerprint density at radius 1 is 1.30 bits per heavy atom. The zero-order valence-corrected chi connectivity index (χ0v) is 12.4. The fraction of sp³-hybridized carbons (Fsp3) is 0.750. The average molecular weight is 290 g/mol. The van der Waals surface area contributed by atoms with Crippen LogP contribution in [0.25, 0.3) is 0 Å². The summed E-state index contributed by atoms with van der Waals surface area (Å²) in [6, 6.07) is -0.473. The van der Waals surface area contributed by atoms with E-state index in [0.717, 1.165) is 0 Å². The minimum Gasteiger partial charge on any atom is -0.463 e. The molecule has 0 spiro atoms. The van der Waals surface area contributed by atoms with E-state index in [2.05, 4.69) is 5.32 Å². The molecule has 0 radical (unpaired) electrons. The normalized spacial score (nSPS) is 12.4. The van der Waals surface area contributed by atoms with E-state index in [4.69, 9.17) is 14.7 Å². The number of amides is 2. The zero-order chi connectivity index (χ0) is 15.9. The fourth-order valence-electron chi connectivity index (χ4n) is 1.12. The molecule has 0 aliphatic carbocycles. The average Bonchev–Trinajstić information content (AvgIpc) is 2.20. The van der Waals surface area contributed by atoms with Gasteiger partial charge in [0.1, 0.15) is 12.1 Å². The van der Waals surface area contributed by atoms with Gasteiger partial charge in [0.05, 0.1) is 12.6 Å². The Bertz CT molecular complexity index is 363. The van der Waals surface area contributed by atoms with Gasteiger partial charge in [-0.25, -0.2) is 9.59 Å². The van der Waals surface area contributed by atoms with Crippen LogP contribution >= 0.6 is 0 Å². The van der Waals surface area contributed by atoms with Crippen LogP contribution < -0.4 is 5.32 Å². The number of hydroxylamine groups is 2. The van der Waals surface area contributed by atoms with Crippen molar-refractivity contribution in [1.82, 2.24) is 10.4 Å². The van der Waals surface area contributed by atoms with Gasteiger partial charge in [0.25, 0.3) is 0 Å². The molecule has 0 aromatic rings. The predicted octanol–water partition coefficient (Wildman–Crippen LogP) is 1.40. The van der Waals surface area contributed by atoms with Crippen LogP contribution in [0.15, 0.2) is 0 Å². The van der Waals surface area contributed by atoms with Crippen molar-refractivity contribution in [2.45, 2.75) is 46.3 Å². The van der Waals surface area contributed by atoms with E-state index in [-0.39, 0.29) is 18.9 Å². The van der Waals surface area contributed by atoms with Gasteiger partial charge in [-0.3, -0.25) is 9.63 Å². The molecule has 8 heteroatoms. The highest BCUT2D eigenvalue weighted by molar-refractivity contribution is 5.80. The maximum Gasteiger partial charge on any atom is 0.431 e. The molecule has 116 valence electrons. The molecule has 0 rings (SSSR count). The van der Waals surface area contributed by atoms with Crippen molar-refractivity contribution < 1.29 is 29.1 Å². The van der Waals surface area contributed by atoms with Gasteiger partial charge in [-0.2, -0.15) is 5.06 Å². The molecule has 1 atom stereocenters. The molecule has 2 N–H and O–H groups in total. The Kier molecular flexibility index (Phi) is 6.98. The van der Waals surface area contributed by atoms with Crippen LogP contribution in [0, 0.1) is 0 Å². The molecule has 0 aliphatic rings. The van der Waals surface area contributed by atoms with Gasteiger partial charge in [-0.15, -0.1) is 0 Å². The lowest BCUT2D eigenvalue weighted by Gasteiger charge is -2.23. The lowest BCUT2D eigenvalue weighted by molar-refractivity contribution is -0.149. The summed E-state index contributed by atoms with van der Waals surface area (Å²) in [5.74, 6) is -0.347. The number of carbonyl (C=O) groups excluding carboxylic acids is 2. The van der Waals surface area contributed by atoms with Gasteiger partial charge < -0.3 is 15.2 Å². The van der Waals surface area contributed by atoms with Crippen LogP contribution in [0.4, 0.5) is 9.59 Å². The van der Waals surface area contributed by atoms with Crippen molar-refractivity contribution in [2.75, 3.05) is 13.2 Å². The molecule has 0 aromatic heterocycles. The second-order valence-corrected chi connectivity index (χ2v) is 5.36. The summed E-state index contributed by atoms with van der Waals surface area (Å²) >= 11 is 0. The van der Waals surface area contributed by atoms with Crippen molar-refractivity contribution in [3.8, 4) is 0 Å². The number of carboxylic acid groups (broad SMARTS) is 1. The van der Waals surface area contributed by atoms with Gasteiger partial charge in [0, 0.05) is 0 Å². The van der Waals surface area contributed by atoms with Gasteiger partial charge in [-0.1, -0.05) is 0 Å². The molecular weight excluding hydrogens is 268 g/mol. The van der Waals surface area contributed by atoms with Crippen LogP contribution in [-0.2, 0) is 14.4 Å². The molecule has 0 bridgehead atoms. The number of nitrogens with one attached hydrogen (secondary N) is 1. The maximum absolute atomic E-state index is 11.5. The first-order valence-electron chi connectivity index (χ1n) is 6.13. The number of ether oxygens (including phenoxy) is 1. The van der Waals surface area contributed by atoms with Crippen LogP contribution in [0.1, 0.15) is 34.6 Å². The quantitative estimate of drug-likeness (QED) is 0.716. The standard InChI is InChI=1S/C12H22N2O6/c1-8(13-10(16)20-12(3,4)5)7-19-14(11(17)18)6-9(2)15/h8H,6-7H2,1-5H3,(H,13,16)(H,17,18). The number of rotatable bonds is 6. The number of alkyl carbamates (subject to hydrolysis) is 1. The number of hydrogen-bond acceptors (Lipinski definition) is 5. The lowest BCUT2D eigenvalue weighted by atomic mass is 10.2. The van der Waals surface area contributed by atoms with E-state index in [1.165, 1.54) is 6.92 Å². The van der Waals surface area contributed by atoms with Crippen molar-refractivity contribution in [3.63, 3.8) is 0 Å². The molecule has 0 aliphatic heterocycles. The number of hydrogen-bond donors (Lipinski definition) is 2. The minimum absolute atomic E-state index is 0.0984. The summed E-state index contributed by atoms with van der Waals surface area (Å²) in [4.78, 5) is 38.1. The summed E-state index contributed by atoms with van der Waals surface area (Å²) < 4.78 is 5.04.